The number of nitrogens with one attached hydrogen (secondary N) is 3. The van der Waals surface area contributed by atoms with Gasteiger partial charge in [0, 0.05) is 37.8 Å². The number of imidazole rings is 1. The lowest BCUT2D eigenvalue weighted by atomic mass is 10.1. The number of benzene rings is 2. The molecule has 0 radical (unpaired) electrons. The van der Waals surface area contributed by atoms with Crippen LogP contribution < -0.4 is 10.6 Å². The maximum atomic E-state index is 12.6. The number of hydrogen-bond acceptors (Lipinski definition) is 5. The van der Waals surface area contributed by atoms with Crippen LogP contribution in [0.5, 0.6) is 0 Å². The van der Waals surface area contributed by atoms with Gasteiger partial charge in [-0.25, -0.2) is 4.98 Å². The molecule has 0 fully saturated rings. The lowest BCUT2D eigenvalue weighted by molar-refractivity contribution is -0.141. The quantitative estimate of drug-likeness (QED) is 0.480. The van der Waals surface area contributed by atoms with Crippen molar-refractivity contribution < 1.29 is 19.5 Å². The first-order chi connectivity index (χ1) is 14.9. The number of rotatable bonds is 6. The molecule has 1 atom stereocenters. The standard InChI is InChI=1S/C22H23N5O4/c1-27-12-14-10-13(6-7-15(14)24-18(22(27)31)11-20(28)29)21(30)23-9-8-19-25-16-4-2-3-5-17(16)26-19/h2-7,10,18,24H,8-9,11-12H2,1H3,(H,23,30)(H,25,26)(H,28,29). The number of fused-ring (bicyclic) bond motifs is 2. The molecule has 2 heterocycles. The fourth-order valence-electron chi connectivity index (χ4n) is 3.69. The highest BCUT2D eigenvalue weighted by Gasteiger charge is 2.29. The van der Waals surface area contributed by atoms with Crippen LogP contribution >= 0.6 is 0 Å². The Morgan fingerprint density at radius 2 is 2.06 bits per heavy atom. The minimum Gasteiger partial charge on any atom is -0.481 e. The summed E-state index contributed by atoms with van der Waals surface area (Å²) in [6, 6.07) is 12.0. The van der Waals surface area contributed by atoms with Crippen LogP contribution in [0.1, 0.15) is 28.2 Å². The summed E-state index contributed by atoms with van der Waals surface area (Å²) in [5.74, 6) is -0.768. The molecule has 160 valence electrons. The number of carboxylic acids is 1. The van der Waals surface area contributed by atoms with Crippen molar-refractivity contribution in [3.63, 3.8) is 0 Å². The van der Waals surface area contributed by atoms with Gasteiger partial charge in [-0.2, -0.15) is 0 Å². The molecular formula is C22H23N5O4. The number of H-pyrrole nitrogens is 1. The van der Waals surface area contributed by atoms with E-state index >= 15 is 0 Å². The number of para-hydroxylation sites is 2. The maximum absolute atomic E-state index is 12.6. The zero-order chi connectivity index (χ0) is 22.0. The average Bonchev–Trinajstić information content (AvgIpc) is 3.11. The van der Waals surface area contributed by atoms with Gasteiger partial charge in [0.2, 0.25) is 5.91 Å². The number of aromatic nitrogens is 2. The van der Waals surface area contributed by atoms with E-state index in [1.165, 1.54) is 4.90 Å². The first kappa shape index (κ1) is 20.4. The van der Waals surface area contributed by atoms with E-state index in [9.17, 15) is 14.4 Å². The molecule has 9 nitrogen and oxygen atoms in total. The minimum absolute atomic E-state index is 0.223. The topological polar surface area (TPSA) is 127 Å². The molecule has 4 rings (SSSR count). The average molecular weight is 421 g/mol. The third-order valence-corrected chi connectivity index (χ3v) is 5.24. The predicted molar refractivity (Wildman–Crippen MR) is 115 cm³/mol. The SMILES string of the molecule is CN1Cc2cc(C(=O)NCCc3nc4ccccc4[nH]3)ccc2NC(CC(=O)O)C1=O. The molecule has 4 N–H and O–H groups in total. The molecular weight excluding hydrogens is 398 g/mol. The van der Waals surface area contributed by atoms with Crippen LogP contribution in [0.3, 0.4) is 0 Å². The van der Waals surface area contributed by atoms with Gasteiger partial charge in [-0.1, -0.05) is 12.1 Å². The van der Waals surface area contributed by atoms with E-state index in [4.69, 9.17) is 5.11 Å². The summed E-state index contributed by atoms with van der Waals surface area (Å²) in [5.41, 5.74) is 3.74. The van der Waals surface area contributed by atoms with E-state index in [-0.39, 0.29) is 24.8 Å². The van der Waals surface area contributed by atoms with Crippen LogP contribution in [-0.4, -0.2) is 57.4 Å². The number of aliphatic carboxylic acids is 1. The van der Waals surface area contributed by atoms with E-state index in [2.05, 4.69) is 20.6 Å². The number of hydrogen-bond donors (Lipinski definition) is 4. The second kappa shape index (κ2) is 8.47. The summed E-state index contributed by atoms with van der Waals surface area (Å²) in [4.78, 5) is 45.3. The number of carbonyl (C=O) groups is 3. The Hall–Kier alpha value is -3.88. The van der Waals surface area contributed by atoms with Gasteiger partial charge < -0.3 is 25.6 Å². The number of likely N-dealkylation sites (N-methyl/N-ethyl adjacent to an activating group) is 1. The van der Waals surface area contributed by atoms with E-state index in [1.807, 2.05) is 24.3 Å². The highest BCUT2D eigenvalue weighted by Crippen LogP contribution is 2.25. The van der Waals surface area contributed by atoms with E-state index < -0.39 is 12.0 Å². The summed E-state index contributed by atoms with van der Waals surface area (Å²) in [7, 11) is 1.62. The van der Waals surface area contributed by atoms with Crippen molar-refractivity contribution in [3.05, 3.63) is 59.4 Å². The first-order valence-electron chi connectivity index (χ1n) is 9.99. The Balaban J connectivity index is 1.42. The van der Waals surface area contributed by atoms with Crippen molar-refractivity contribution in [1.82, 2.24) is 20.2 Å². The van der Waals surface area contributed by atoms with Gasteiger partial charge in [0.15, 0.2) is 0 Å². The van der Waals surface area contributed by atoms with Crippen molar-refractivity contribution in [2.24, 2.45) is 0 Å². The van der Waals surface area contributed by atoms with Crippen molar-refractivity contribution in [2.75, 3.05) is 18.9 Å². The number of carboxylic acid groups (broad SMARTS) is 1. The summed E-state index contributed by atoms with van der Waals surface area (Å²) in [5, 5.41) is 15.0. The van der Waals surface area contributed by atoms with Crippen molar-refractivity contribution >= 4 is 34.5 Å². The number of aromatic amines is 1. The Morgan fingerprint density at radius 1 is 1.26 bits per heavy atom. The predicted octanol–water partition coefficient (Wildman–Crippen LogP) is 1.76. The molecule has 3 aromatic rings. The summed E-state index contributed by atoms with van der Waals surface area (Å²) in [6.07, 6.45) is 0.258. The molecule has 31 heavy (non-hydrogen) atoms. The van der Waals surface area contributed by atoms with Gasteiger partial charge in [0.05, 0.1) is 17.5 Å². The normalized spacial score (nSPS) is 15.8. The third-order valence-electron chi connectivity index (χ3n) is 5.24. The van der Waals surface area contributed by atoms with Gasteiger partial charge >= 0.3 is 5.97 Å². The Labute approximate surface area is 178 Å². The van der Waals surface area contributed by atoms with Gasteiger partial charge in [-0.05, 0) is 35.9 Å². The van der Waals surface area contributed by atoms with Gasteiger partial charge in [0.25, 0.3) is 5.91 Å². The minimum atomic E-state index is -1.05. The molecule has 0 spiro atoms. The zero-order valence-corrected chi connectivity index (χ0v) is 17.0. The monoisotopic (exact) mass is 421 g/mol. The van der Waals surface area contributed by atoms with E-state index in [0.717, 1.165) is 22.4 Å². The van der Waals surface area contributed by atoms with Crippen molar-refractivity contribution in [2.45, 2.75) is 25.4 Å². The molecule has 0 aliphatic carbocycles. The lowest BCUT2D eigenvalue weighted by Gasteiger charge is -2.19. The van der Waals surface area contributed by atoms with Crippen LogP contribution in [-0.2, 0) is 22.6 Å². The number of carbonyl (C=O) groups excluding carboxylic acids is 2. The third kappa shape index (κ3) is 4.50. The van der Waals surface area contributed by atoms with Crippen molar-refractivity contribution in [3.8, 4) is 0 Å². The highest BCUT2D eigenvalue weighted by molar-refractivity contribution is 5.95. The summed E-state index contributed by atoms with van der Waals surface area (Å²) < 4.78 is 0. The van der Waals surface area contributed by atoms with Crippen LogP contribution in [0, 0.1) is 0 Å². The zero-order valence-electron chi connectivity index (χ0n) is 17.0. The molecule has 0 bridgehead atoms. The van der Waals surface area contributed by atoms with Crippen LogP contribution in [0.4, 0.5) is 5.69 Å². The van der Waals surface area contributed by atoms with Crippen LogP contribution in [0.25, 0.3) is 11.0 Å². The molecule has 0 saturated heterocycles. The van der Waals surface area contributed by atoms with Gasteiger partial charge in [-0.3, -0.25) is 14.4 Å². The molecule has 1 aliphatic rings. The fourth-order valence-corrected chi connectivity index (χ4v) is 3.69. The molecule has 1 aromatic heterocycles. The molecule has 9 heteroatoms. The maximum Gasteiger partial charge on any atom is 0.305 e. The molecule has 2 aromatic carbocycles. The van der Waals surface area contributed by atoms with Crippen molar-refractivity contribution in [1.29, 1.82) is 0 Å². The molecule has 2 amide bonds. The second-order valence-corrected chi connectivity index (χ2v) is 7.57. The lowest BCUT2D eigenvalue weighted by Crippen LogP contribution is -2.39. The Bertz CT molecular complexity index is 1120. The molecule has 1 unspecified atom stereocenters. The number of amides is 2. The first-order valence-corrected chi connectivity index (χ1v) is 9.99. The number of nitrogens with zero attached hydrogens (tertiary/aromatic N) is 2. The number of anilines is 1. The Morgan fingerprint density at radius 3 is 2.84 bits per heavy atom. The summed E-state index contributed by atoms with van der Waals surface area (Å²) in [6.45, 7) is 0.713. The molecule has 1 aliphatic heterocycles. The van der Waals surface area contributed by atoms with Crippen LogP contribution in [0.2, 0.25) is 0 Å². The van der Waals surface area contributed by atoms with Gasteiger partial charge in [-0.15, -0.1) is 0 Å². The van der Waals surface area contributed by atoms with Gasteiger partial charge in [0.1, 0.15) is 11.9 Å². The fraction of sp³-hybridized carbons (Fsp3) is 0.273. The Kier molecular flexibility index (Phi) is 5.57. The second-order valence-electron chi connectivity index (χ2n) is 7.57. The summed E-state index contributed by atoms with van der Waals surface area (Å²) >= 11 is 0. The van der Waals surface area contributed by atoms with Crippen LogP contribution in [0.15, 0.2) is 42.5 Å². The van der Waals surface area contributed by atoms with E-state index in [1.54, 1.807) is 25.2 Å². The largest absolute Gasteiger partial charge is 0.481 e. The highest BCUT2D eigenvalue weighted by atomic mass is 16.4. The molecule has 0 saturated carbocycles. The smallest absolute Gasteiger partial charge is 0.305 e. The van der Waals surface area contributed by atoms with E-state index in [0.29, 0.717) is 24.2 Å².